The van der Waals surface area contributed by atoms with E-state index in [-0.39, 0.29) is 0 Å². The van der Waals surface area contributed by atoms with Crippen molar-refractivity contribution in [3.8, 4) is 11.4 Å². The Hall–Kier alpha value is -3.07. The third-order valence-corrected chi connectivity index (χ3v) is 7.08. The summed E-state index contributed by atoms with van der Waals surface area (Å²) in [4.78, 5) is 22.1. The molecule has 1 saturated carbocycles. The number of ether oxygens (including phenoxy) is 1. The molecular weight excluding hydrogens is 392 g/mol. The Morgan fingerprint density at radius 3 is 2.94 bits per heavy atom. The Bertz CT molecular complexity index is 1340. The SMILES string of the molecule is CC1(C)OCCn2c1nc1c(N3CC4CCC3C4)nc(-c3cnc4ccnn4c3)nc12. The molecule has 0 aromatic carbocycles. The second-order valence-electron chi connectivity index (χ2n) is 9.45. The first kappa shape index (κ1) is 17.6. The first-order valence-electron chi connectivity index (χ1n) is 11.1. The van der Waals surface area contributed by atoms with Crippen LogP contribution in [0.1, 0.15) is 38.9 Å². The van der Waals surface area contributed by atoms with Gasteiger partial charge in [0, 0.05) is 37.6 Å². The first-order chi connectivity index (χ1) is 15.1. The molecule has 2 atom stereocenters. The van der Waals surface area contributed by atoms with Crippen LogP contribution in [-0.2, 0) is 16.9 Å². The molecule has 9 nitrogen and oxygen atoms in total. The van der Waals surface area contributed by atoms with E-state index in [9.17, 15) is 0 Å². The van der Waals surface area contributed by atoms with Gasteiger partial charge in [0.15, 0.2) is 28.5 Å². The molecule has 2 aliphatic heterocycles. The lowest BCUT2D eigenvalue weighted by molar-refractivity contribution is -0.0530. The summed E-state index contributed by atoms with van der Waals surface area (Å²) in [5.74, 6) is 3.30. The van der Waals surface area contributed by atoms with Gasteiger partial charge in [-0.3, -0.25) is 0 Å². The molecule has 158 valence electrons. The molecule has 0 radical (unpaired) electrons. The molecule has 0 N–H and O–H groups in total. The summed E-state index contributed by atoms with van der Waals surface area (Å²) in [6.45, 7) is 6.59. The van der Waals surface area contributed by atoms with Crippen LogP contribution in [0.3, 0.4) is 0 Å². The molecule has 6 heterocycles. The molecule has 1 saturated heterocycles. The highest BCUT2D eigenvalue weighted by Gasteiger charge is 2.41. The van der Waals surface area contributed by atoms with E-state index in [2.05, 4.69) is 33.4 Å². The van der Waals surface area contributed by atoms with Crippen LogP contribution in [0, 0.1) is 5.92 Å². The van der Waals surface area contributed by atoms with Gasteiger partial charge < -0.3 is 14.2 Å². The van der Waals surface area contributed by atoms with Crippen molar-refractivity contribution in [3.05, 3.63) is 30.5 Å². The lowest BCUT2D eigenvalue weighted by Crippen LogP contribution is -2.33. The van der Waals surface area contributed by atoms with Gasteiger partial charge in [-0.25, -0.2) is 24.5 Å². The minimum absolute atomic E-state index is 0.448. The molecule has 2 bridgehead atoms. The number of hydrogen-bond acceptors (Lipinski definition) is 7. The number of hydrogen-bond donors (Lipinski definition) is 0. The average molecular weight is 416 g/mol. The molecule has 0 amide bonds. The average Bonchev–Trinajstić information content (AvgIpc) is 3.55. The Morgan fingerprint density at radius 1 is 1.16 bits per heavy atom. The molecule has 31 heavy (non-hydrogen) atoms. The van der Waals surface area contributed by atoms with Crippen LogP contribution >= 0.6 is 0 Å². The van der Waals surface area contributed by atoms with E-state index in [4.69, 9.17) is 19.7 Å². The largest absolute Gasteiger partial charge is 0.366 e. The van der Waals surface area contributed by atoms with Crippen LogP contribution in [0.2, 0.25) is 0 Å². The monoisotopic (exact) mass is 416 g/mol. The van der Waals surface area contributed by atoms with Gasteiger partial charge in [0.05, 0.1) is 18.4 Å². The molecule has 4 aromatic rings. The Kier molecular flexibility index (Phi) is 3.41. The highest BCUT2D eigenvalue weighted by molar-refractivity contribution is 5.87. The summed E-state index contributed by atoms with van der Waals surface area (Å²) in [6, 6.07) is 2.43. The number of nitrogens with zero attached hydrogens (tertiary/aromatic N) is 8. The lowest BCUT2D eigenvalue weighted by Gasteiger charge is -2.30. The summed E-state index contributed by atoms with van der Waals surface area (Å²) >= 11 is 0. The first-order valence-corrected chi connectivity index (χ1v) is 11.1. The predicted octanol–water partition coefficient (Wildman–Crippen LogP) is 2.79. The Balaban J connectivity index is 1.48. The fourth-order valence-electron chi connectivity index (χ4n) is 5.55. The standard InChI is InChI=1S/C22H24N8O/c1-22(2)21-25-17-19(28(21)7-8-31-22)26-18(14-10-23-16-5-6-24-30(16)12-14)27-20(17)29-11-13-3-4-15(29)9-13/h5-6,10,12-13,15H,3-4,7-9,11H2,1-2H3. The van der Waals surface area contributed by atoms with Crippen molar-refractivity contribution in [2.75, 3.05) is 18.1 Å². The molecule has 3 aliphatic rings. The van der Waals surface area contributed by atoms with Gasteiger partial charge in [-0.15, -0.1) is 0 Å². The normalized spacial score (nSPS) is 24.4. The summed E-state index contributed by atoms with van der Waals surface area (Å²) in [7, 11) is 0. The van der Waals surface area contributed by atoms with E-state index >= 15 is 0 Å². The minimum atomic E-state index is -0.448. The van der Waals surface area contributed by atoms with Gasteiger partial charge >= 0.3 is 0 Å². The van der Waals surface area contributed by atoms with Crippen LogP contribution in [0.25, 0.3) is 28.2 Å². The Morgan fingerprint density at radius 2 is 2.10 bits per heavy atom. The maximum atomic E-state index is 6.02. The van der Waals surface area contributed by atoms with Gasteiger partial charge in [-0.2, -0.15) is 5.10 Å². The molecule has 0 spiro atoms. The zero-order valence-corrected chi connectivity index (χ0v) is 17.7. The number of aromatic nitrogens is 7. The maximum absolute atomic E-state index is 6.02. The zero-order valence-electron chi connectivity index (χ0n) is 17.7. The fraction of sp³-hybridized carbons (Fsp3) is 0.500. The van der Waals surface area contributed by atoms with E-state index < -0.39 is 5.60 Å². The predicted molar refractivity (Wildman–Crippen MR) is 115 cm³/mol. The zero-order chi connectivity index (χ0) is 20.7. The van der Waals surface area contributed by atoms with Crippen LogP contribution in [0.5, 0.6) is 0 Å². The fourth-order valence-corrected chi connectivity index (χ4v) is 5.55. The summed E-state index contributed by atoms with van der Waals surface area (Å²) < 4.78 is 10.0. The van der Waals surface area contributed by atoms with Gasteiger partial charge in [-0.1, -0.05) is 0 Å². The van der Waals surface area contributed by atoms with Crippen molar-refractivity contribution in [2.24, 2.45) is 5.92 Å². The molecular formula is C22H24N8O. The third-order valence-electron chi connectivity index (χ3n) is 7.08. The van der Waals surface area contributed by atoms with E-state index in [0.717, 1.165) is 53.0 Å². The molecule has 9 heteroatoms. The quantitative estimate of drug-likeness (QED) is 0.497. The van der Waals surface area contributed by atoms with E-state index in [1.807, 2.05) is 18.5 Å². The van der Waals surface area contributed by atoms with Gasteiger partial charge in [0.1, 0.15) is 11.4 Å². The molecule has 2 fully saturated rings. The number of fused-ring (bicyclic) bond motifs is 6. The summed E-state index contributed by atoms with van der Waals surface area (Å²) in [5.41, 5.74) is 2.98. The maximum Gasteiger partial charge on any atom is 0.167 e. The summed E-state index contributed by atoms with van der Waals surface area (Å²) in [6.07, 6.45) is 9.33. The summed E-state index contributed by atoms with van der Waals surface area (Å²) in [5, 5.41) is 4.33. The van der Waals surface area contributed by atoms with Crippen LogP contribution in [-0.4, -0.2) is 53.3 Å². The number of imidazole rings is 1. The lowest BCUT2D eigenvalue weighted by atomic mass is 10.1. The van der Waals surface area contributed by atoms with Crippen molar-refractivity contribution in [1.29, 1.82) is 0 Å². The van der Waals surface area contributed by atoms with Crippen molar-refractivity contribution >= 4 is 22.6 Å². The van der Waals surface area contributed by atoms with Crippen molar-refractivity contribution in [2.45, 2.75) is 51.3 Å². The Labute approximate surface area is 179 Å². The third kappa shape index (κ3) is 2.49. The molecule has 7 rings (SSSR count). The van der Waals surface area contributed by atoms with Crippen molar-refractivity contribution in [1.82, 2.24) is 34.1 Å². The van der Waals surface area contributed by atoms with Crippen molar-refractivity contribution in [3.63, 3.8) is 0 Å². The van der Waals surface area contributed by atoms with Crippen LogP contribution in [0.4, 0.5) is 5.82 Å². The van der Waals surface area contributed by atoms with E-state index in [1.54, 1.807) is 10.7 Å². The van der Waals surface area contributed by atoms with E-state index in [1.165, 1.54) is 19.3 Å². The number of rotatable bonds is 2. The highest BCUT2D eigenvalue weighted by Crippen LogP contribution is 2.42. The second-order valence-corrected chi connectivity index (χ2v) is 9.45. The topological polar surface area (TPSA) is 86.3 Å². The van der Waals surface area contributed by atoms with Gasteiger partial charge in [0.25, 0.3) is 0 Å². The molecule has 4 aromatic heterocycles. The van der Waals surface area contributed by atoms with Crippen LogP contribution < -0.4 is 4.90 Å². The number of piperidine rings is 1. The molecule has 1 aliphatic carbocycles. The molecule has 2 unspecified atom stereocenters. The van der Waals surface area contributed by atoms with E-state index in [0.29, 0.717) is 18.5 Å². The van der Waals surface area contributed by atoms with Gasteiger partial charge in [-0.05, 0) is 39.0 Å². The van der Waals surface area contributed by atoms with Crippen LogP contribution in [0.15, 0.2) is 24.7 Å². The van der Waals surface area contributed by atoms with Gasteiger partial charge in [0.2, 0.25) is 0 Å². The van der Waals surface area contributed by atoms with Crippen molar-refractivity contribution < 1.29 is 4.74 Å². The smallest absolute Gasteiger partial charge is 0.167 e. The number of anilines is 1. The highest BCUT2D eigenvalue weighted by atomic mass is 16.5. The second kappa shape index (κ2) is 6.00. The minimum Gasteiger partial charge on any atom is -0.366 e.